The van der Waals surface area contributed by atoms with E-state index in [2.05, 4.69) is 60.4 Å². The standard InChI is InChI=1S/2C31H30Cl2N4O4S.C29H34Cl2N4O4S/c32-21-6-4-7-23(18-21)37-27(38)20-30(42-24-8-2-1-3-9-24,28(39)34-12-5-13-36-14-16-41-17-15-36)31(37)25-11-10-22(33)19-26(25)35-29(31)40;32-21-7-10-23(11-8-21)37-27(38)20-30(42-24-5-2-1-3-6-24,28(39)34-13-4-14-36-15-17-41-18-16-36)31(37)25-12-9-22(33)19-26(25)35-29(31)40;1-19(2)18-40-28(26(37)32-9-4-10-34-11-13-39-14-12-34)17-25(36)35(22-6-3-5-20(30)15-22)29(28)23-8-7-21(31)16-24(23)33-27(29)38/h1-4,6-11,18-19H,5,12-17,20H2,(H,34,39)(H,35,40);1-3,5-12,19H,4,13-18,20H2,(H,34,39)(H,35,40);3,5-8,15-16,19H,4,9-14,17-18H2,1-2H3,(H,32,37)(H,33,38). The van der Waals surface area contributed by atoms with Gasteiger partial charge in [-0.3, -0.25) is 72.6 Å². The highest BCUT2D eigenvalue weighted by Gasteiger charge is 2.78. The van der Waals surface area contributed by atoms with Gasteiger partial charge >= 0.3 is 0 Å². The summed E-state index contributed by atoms with van der Waals surface area (Å²) >= 11 is 41.8. The number of thioether (sulfide) groups is 3. The molecule has 124 heavy (non-hydrogen) atoms. The van der Waals surface area contributed by atoms with Gasteiger partial charge in [-0.25, -0.2) is 0 Å². The summed E-state index contributed by atoms with van der Waals surface area (Å²) in [4.78, 5) is 142. The van der Waals surface area contributed by atoms with Crippen LogP contribution in [0.5, 0.6) is 0 Å². The van der Waals surface area contributed by atoms with E-state index >= 15 is 0 Å². The topological polar surface area (TPSA) is 273 Å². The summed E-state index contributed by atoms with van der Waals surface area (Å²) in [6, 6.07) is 54.5. The van der Waals surface area contributed by atoms with Crippen molar-refractivity contribution in [3.05, 3.63) is 235 Å². The van der Waals surface area contributed by atoms with E-state index in [-0.39, 0.29) is 60.6 Å². The van der Waals surface area contributed by atoms with Gasteiger partial charge in [0.05, 0.1) is 58.9 Å². The van der Waals surface area contributed by atoms with Crippen molar-refractivity contribution < 1.29 is 57.4 Å². The minimum Gasteiger partial charge on any atom is -0.379 e. The number of fused-ring (bicyclic) bond motifs is 6. The van der Waals surface area contributed by atoms with Crippen LogP contribution in [0.4, 0.5) is 34.1 Å². The largest absolute Gasteiger partial charge is 0.379 e. The molecule has 6 N–H and O–H groups in total. The summed E-state index contributed by atoms with van der Waals surface area (Å²) in [5, 5.41) is 20.8. The minimum absolute atomic E-state index is 0.137. The van der Waals surface area contributed by atoms with Crippen molar-refractivity contribution in [2.45, 2.75) is 93.0 Å². The molecule has 17 rings (SSSR count). The maximum Gasteiger partial charge on any atom is 0.257 e. The zero-order valence-electron chi connectivity index (χ0n) is 68.2. The van der Waals surface area contributed by atoms with Gasteiger partial charge in [-0.05, 0) is 172 Å². The lowest BCUT2D eigenvalue weighted by Gasteiger charge is -2.44. The molecule has 0 saturated carbocycles. The van der Waals surface area contributed by atoms with E-state index in [1.807, 2.05) is 60.7 Å². The Labute approximate surface area is 762 Å². The summed E-state index contributed by atoms with van der Waals surface area (Å²) < 4.78 is 11.8. The number of halogens is 6. The molecule has 6 unspecified atom stereocenters. The maximum atomic E-state index is 14.6. The predicted molar refractivity (Wildman–Crippen MR) is 491 cm³/mol. The van der Waals surface area contributed by atoms with Crippen LogP contribution < -0.4 is 46.6 Å². The van der Waals surface area contributed by atoms with Crippen molar-refractivity contribution in [1.82, 2.24) is 30.7 Å². The third kappa shape index (κ3) is 17.4. The number of hydrogen-bond acceptors (Lipinski definition) is 18. The zero-order chi connectivity index (χ0) is 87.1. The first-order valence-corrected chi connectivity index (χ1v) is 46.3. The highest BCUT2D eigenvalue weighted by Crippen LogP contribution is 2.65. The van der Waals surface area contributed by atoms with Crippen molar-refractivity contribution in [3.8, 4) is 0 Å². The molecule has 6 saturated heterocycles. The number of carbonyl (C=O) groups excluding carboxylic acids is 9. The van der Waals surface area contributed by atoms with Crippen LogP contribution in [0.25, 0.3) is 0 Å². The fraction of sp³-hybridized carbons (Fsp3) is 0.374. The van der Waals surface area contributed by atoms with Gasteiger partial charge in [-0.1, -0.05) is 150 Å². The molecule has 0 bridgehead atoms. The molecule has 3 spiro atoms. The van der Waals surface area contributed by atoms with E-state index in [9.17, 15) is 43.2 Å². The molecule has 24 nitrogen and oxygen atoms in total. The molecule has 0 aliphatic carbocycles. The second kappa shape index (κ2) is 39.0. The Balaban J connectivity index is 0.000000144. The number of nitrogens with one attached hydrogen (secondary N) is 6. The average molecular weight is 1860 g/mol. The van der Waals surface area contributed by atoms with Gasteiger partial charge in [0.1, 0.15) is 14.2 Å². The lowest BCUT2D eigenvalue weighted by Crippen LogP contribution is -2.64. The minimum atomic E-state index is -1.72. The van der Waals surface area contributed by atoms with Gasteiger partial charge in [-0.15, -0.1) is 35.3 Å². The van der Waals surface area contributed by atoms with E-state index in [1.54, 1.807) is 127 Å². The lowest BCUT2D eigenvalue weighted by molar-refractivity contribution is -0.130. The number of rotatable bonds is 25. The Morgan fingerprint density at radius 3 is 1.04 bits per heavy atom. The molecular formula is C91H94Cl6N12O12S3. The smallest absolute Gasteiger partial charge is 0.257 e. The number of anilines is 6. The SMILES string of the molecule is CC(C)CSC1(C(=O)NCCCN2CCOCC2)CC(=O)N(c2cccc(Cl)c2)C12C(=O)Nc1cc(Cl)ccc12.O=C1CC(Sc2ccccc2)(C(=O)NCCCN2CCOCC2)C2(C(=O)Nc3cc(Cl)ccc32)N1c1ccc(Cl)cc1.O=C1CC(Sc2ccccc2)(C(=O)NCCCN2CCOCC2)C2(C(=O)Nc3cc(Cl)ccc32)N1c1cccc(Cl)c1. The Kier molecular flexibility index (Phi) is 28.4. The molecule has 33 heteroatoms. The number of carbonyl (C=O) groups is 9. The molecule has 9 aliphatic heterocycles. The first-order valence-electron chi connectivity index (χ1n) is 41.4. The van der Waals surface area contributed by atoms with Crippen molar-refractivity contribution in [2.75, 3.05) is 155 Å². The van der Waals surface area contributed by atoms with Gasteiger partial charge < -0.3 is 46.1 Å². The van der Waals surface area contributed by atoms with Crippen LogP contribution in [0.1, 0.15) is 69.1 Å². The quantitative estimate of drug-likeness (QED) is 0.0290. The van der Waals surface area contributed by atoms with E-state index in [0.29, 0.717) is 146 Å². The van der Waals surface area contributed by atoms with Crippen LogP contribution in [0.3, 0.4) is 0 Å². The summed E-state index contributed by atoms with van der Waals surface area (Å²) in [7, 11) is 0. The molecule has 8 aromatic carbocycles. The average Bonchev–Trinajstić information content (AvgIpc) is 1.50. The van der Waals surface area contributed by atoms with E-state index < -0.39 is 48.6 Å². The summed E-state index contributed by atoms with van der Waals surface area (Å²) in [5.74, 6) is -2.68. The van der Waals surface area contributed by atoms with Crippen molar-refractivity contribution >= 4 is 192 Å². The Morgan fingerprint density at radius 1 is 0.379 bits per heavy atom. The number of hydrogen-bond donors (Lipinski definition) is 6. The van der Waals surface area contributed by atoms with E-state index in [1.165, 1.54) is 50.0 Å². The fourth-order valence-corrected chi connectivity index (χ4v) is 23.8. The molecule has 650 valence electrons. The fourth-order valence-electron chi connectivity index (χ4n) is 18.2. The number of amides is 9. The van der Waals surface area contributed by atoms with E-state index in [0.717, 1.165) is 88.0 Å². The van der Waals surface area contributed by atoms with E-state index in [4.69, 9.17) is 83.8 Å². The maximum absolute atomic E-state index is 14.6. The molecule has 6 fully saturated rings. The molecular weight excluding hydrogens is 1760 g/mol. The summed E-state index contributed by atoms with van der Waals surface area (Å²) in [6.07, 6.45) is 1.65. The van der Waals surface area contributed by atoms with Crippen LogP contribution in [-0.4, -0.2) is 206 Å². The normalized spacial score (nSPS) is 24.0. The first kappa shape index (κ1) is 90.3. The van der Waals surface area contributed by atoms with Gasteiger partial charge in [-0.2, -0.15) is 0 Å². The van der Waals surface area contributed by atoms with Crippen LogP contribution in [0.15, 0.2) is 198 Å². The Morgan fingerprint density at radius 2 is 0.694 bits per heavy atom. The van der Waals surface area contributed by atoms with Gasteiger partial charge in [0.25, 0.3) is 17.7 Å². The number of ether oxygens (including phenoxy) is 3. The van der Waals surface area contributed by atoms with Gasteiger partial charge in [0, 0.05) is 150 Å². The molecule has 8 aromatic rings. The molecule has 9 amide bonds. The molecule has 0 aromatic heterocycles. The van der Waals surface area contributed by atoms with Crippen LogP contribution in [-0.2, 0) is 74.0 Å². The molecule has 9 heterocycles. The first-order chi connectivity index (χ1) is 59.9. The molecule has 6 atom stereocenters. The predicted octanol–water partition coefficient (Wildman–Crippen LogP) is 14.4. The number of benzene rings is 8. The van der Waals surface area contributed by atoms with Crippen molar-refractivity contribution in [1.29, 1.82) is 0 Å². The van der Waals surface area contributed by atoms with Crippen LogP contribution >= 0.6 is 105 Å². The second-order valence-electron chi connectivity index (χ2n) is 31.9. The zero-order valence-corrected chi connectivity index (χ0v) is 75.2. The van der Waals surface area contributed by atoms with Gasteiger partial charge in [0.2, 0.25) is 35.4 Å². The van der Waals surface area contributed by atoms with Gasteiger partial charge in [0.15, 0.2) is 16.6 Å². The van der Waals surface area contributed by atoms with Crippen LogP contribution in [0, 0.1) is 5.92 Å². The van der Waals surface area contributed by atoms with Crippen molar-refractivity contribution in [2.24, 2.45) is 5.92 Å². The Bertz CT molecular complexity index is 5360. The third-order valence-corrected chi connectivity index (χ3v) is 30.1. The third-order valence-electron chi connectivity index (χ3n) is 23.7. The summed E-state index contributed by atoms with van der Waals surface area (Å²) in [6.45, 7) is 17.2. The van der Waals surface area contributed by atoms with Crippen molar-refractivity contribution in [3.63, 3.8) is 0 Å². The molecule has 9 aliphatic rings. The monoisotopic (exact) mass is 1850 g/mol. The molecule has 0 radical (unpaired) electrons. The number of morpholine rings is 3. The lowest BCUT2D eigenvalue weighted by atomic mass is 9.77. The highest BCUT2D eigenvalue weighted by atomic mass is 35.5. The second-order valence-corrected chi connectivity index (χ2v) is 38.6. The number of nitrogens with zero attached hydrogens (tertiary/aromatic N) is 6. The summed E-state index contributed by atoms with van der Waals surface area (Å²) in [5.41, 5.74) is -0.688. The Hall–Kier alpha value is -8.46. The highest BCUT2D eigenvalue weighted by molar-refractivity contribution is 8.02. The van der Waals surface area contributed by atoms with Crippen LogP contribution in [0.2, 0.25) is 30.1 Å².